The van der Waals surface area contributed by atoms with Crippen LogP contribution in [-0.2, 0) is 4.79 Å². The van der Waals surface area contributed by atoms with E-state index in [0.29, 0.717) is 19.0 Å². The fraction of sp³-hybridized carbons (Fsp3) is 0.909. The largest absolute Gasteiger partial charge is 0.387 e. The van der Waals surface area contributed by atoms with Gasteiger partial charge in [0, 0.05) is 26.7 Å². The Balaban J connectivity index is 1.60. The van der Waals surface area contributed by atoms with Crippen LogP contribution in [0.3, 0.4) is 0 Å². The first-order chi connectivity index (χ1) is 7.10. The van der Waals surface area contributed by atoms with Gasteiger partial charge in [0.15, 0.2) is 0 Å². The van der Waals surface area contributed by atoms with Crippen LogP contribution < -0.4 is 0 Å². The van der Waals surface area contributed by atoms with E-state index in [1.54, 1.807) is 4.90 Å². The van der Waals surface area contributed by atoms with Gasteiger partial charge in [-0.2, -0.15) is 0 Å². The van der Waals surface area contributed by atoms with E-state index < -0.39 is 5.60 Å². The smallest absolute Gasteiger partial charge is 0.239 e. The van der Waals surface area contributed by atoms with Crippen molar-refractivity contribution in [2.45, 2.75) is 30.9 Å². The summed E-state index contributed by atoms with van der Waals surface area (Å²) in [5.74, 6) is 0.746. The van der Waals surface area contributed by atoms with Crippen LogP contribution in [0.2, 0.25) is 0 Å². The number of aliphatic hydroxyl groups is 1. The summed E-state index contributed by atoms with van der Waals surface area (Å²) in [4.78, 5) is 15.7. The number of β-amino-alcohol motifs (C(OH)–C–C–N with tert-alkyl or cyclic N) is 1. The molecule has 0 aromatic heterocycles. The monoisotopic (exact) mass is 210 g/mol. The van der Waals surface area contributed by atoms with Crippen molar-refractivity contribution in [3.8, 4) is 0 Å². The molecule has 4 heteroatoms. The summed E-state index contributed by atoms with van der Waals surface area (Å²) in [5, 5.41) is 10.2. The Morgan fingerprint density at radius 2 is 2.00 bits per heavy atom. The molecule has 0 radical (unpaired) electrons. The van der Waals surface area contributed by atoms with Crippen molar-refractivity contribution in [1.82, 2.24) is 9.80 Å². The van der Waals surface area contributed by atoms with Gasteiger partial charge in [0.05, 0.1) is 11.6 Å². The van der Waals surface area contributed by atoms with Crippen LogP contribution in [0.25, 0.3) is 0 Å². The third-order valence-electron chi connectivity index (χ3n) is 4.13. The first-order valence-electron chi connectivity index (χ1n) is 5.81. The third-order valence-corrected chi connectivity index (χ3v) is 4.13. The molecule has 1 saturated carbocycles. The summed E-state index contributed by atoms with van der Waals surface area (Å²) in [7, 11) is 1.86. The molecule has 3 rings (SSSR count). The van der Waals surface area contributed by atoms with Gasteiger partial charge in [-0.15, -0.1) is 0 Å². The summed E-state index contributed by atoms with van der Waals surface area (Å²) in [6, 6.07) is 0.0500. The molecule has 0 aromatic carbocycles. The van der Waals surface area contributed by atoms with Crippen molar-refractivity contribution >= 4 is 5.91 Å². The molecule has 3 fully saturated rings. The number of nitrogens with zero attached hydrogens (tertiary/aromatic N) is 2. The first-order valence-corrected chi connectivity index (χ1v) is 5.81. The molecule has 84 valence electrons. The number of hydrogen-bond acceptors (Lipinski definition) is 3. The van der Waals surface area contributed by atoms with Crippen molar-refractivity contribution in [2.24, 2.45) is 5.92 Å². The molecular weight excluding hydrogens is 192 g/mol. The number of rotatable bonds is 2. The molecule has 1 amide bonds. The summed E-state index contributed by atoms with van der Waals surface area (Å²) >= 11 is 0. The van der Waals surface area contributed by atoms with Crippen LogP contribution in [0, 0.1) is 5.92 Å². The minimum Gasteiger partial charge on any atom is -0.387 e. The topological polar surface area (TPSA) is 43.8 Å². The number of likely N-dealkylation sites (N-methyl/N-ethyl adjacent to an activating group) is 1. The van der Waals surface area contributed by atoms with Crippen LogP contribution in [-0.4, -0.2) is 59.1 Å². The highest BCUT2D eigenvalue weighted by Crippen LogP contribution is 2.45. The maximum Gasteiger partial charge on any atom is 0.239 e. The molecule has 2 heterocycles. The Morgan fingerprint density at radius 3 is 2.47 bits per heavy atom. The Labute approximate surface area is 89.8 Å². The van der Waals surface area contributed by atoms with Crippen LogP contribution >= 0.6 is 0 Å². The molecule has 1 unspecified atom stereocenters. The Bertz CT molecular complexity index is 295. The van der Waals surface area contributed by atoms with E-state index in [0.717, 1.165) is 13.0 Å². The van der Waals surface area contributed by atoms with Crippen molar-refractivity contribution < 1.29 is 9.90 Å². The van der Waals surface area contributed by atoms with E-state index in [2.05, 4.69) is 4.90 Å². The lowest BCUT2D eigenvalue weighted by Crippen LogP contribution is -2.66. The summed E-state index contributed by atoms with van der Waals surface area (Å²) in [6.45, 7) is 2.28. The van der Waals surface area contributed by atoms with E-state index in [9.17, 15) is 9.90 Å². The number of likely N-dealkylation sites (tertiary alicyclic amines) is 2. The maximum atomic E-state index is 11.7. The zero-order chi connectivity index (χ0) is 10.6. The number of amides is 1. The second kappa shape index (κ2) is 2.95. The second-order valence-electron chi connectivity index (χ2n) is 5.35. The van der Waals surface area contributed by atoms with Crippen LogP contribution in [0.15, 0.2) is 0 Å². The SMILES string of the molecule is CN1CCC(N2CC(O)(C3CC3)C2)C1=O. The van der Waals surface area contributed by atoms with Gasteiger partial charge >= 0.3 is 0 Å². The van der Waals surface area contributed by atoms with Crippen molar-refractivity contribution in [3.05, 3.63) is 0 Å². The lowest BCUT2D eigenvalue weighted by atomic mass is 9.87. The van der Waals surface area contributed by atoms with E-state index in [1.807, 2.05) is 7.05 Å². The molecule has 1 N–H and O–H groups in total. The molecule has 0 bridgehead atoms. The Morgan fingerprint density at radius 1 is 1.33 bits per heavy atom. The van der Waals surface area contributed by atoms with E-state index in [1.165, 1.54) is 12.8 Å². The van der Waals surface area contributed by atoms with Crippen molar-refractivity contribution in [1.29, 1.82) is 0 Å². The minimum atomic E-state index is -0.457. The molecule has 2 saturated heterocycles. The Hall–Kier alpha value is -0.610. The van der Waals surface area contributed by atoms with Gasteiger partial charge in [-0.3, -0.25) is 9.69 Å². The van der Waals surface area contributed by atoms with E-state index in [4.69, 9.17) is 0 Å². The molecule has 4 nitrogen and oxygen atoms in total. The van der Waals surface area contributed by atoms with Gasteiger partial charge in [-0.25, -0.2) is 0 Å². The van der Waals surface area contributed by atoms with Gasteiger partial charge in [-0.1, -0.05) is 0 Å². The lowest BCUT2D eigenvalue weighted by Gasteiger charge is -2.49. The molecule has 15 heavy (non-hydrogen) atoms. The minimum absolute atomic E-state index is 0.0500. The second-order valence-corrected chi connectivity index (χ2v) is 5.35. The third kappa shape index (κ3) is 1.39. The normalized spacial score (nSPS) is 35.7. The fourth-order valence-corrected chi connectivity index (χ4v) is 2.90. The molecule has 1 aliphatic carbocycles. The van der Waals surface area contributed by atoms with Gasteiger partial charge in [-0.05, 0) is 25.2 Å². The zero-order valence-electron chi connectivity index (χ0n) is 9.15. The van der Waals surface area contributed by atoms with Gasteiger partial charge < -0.3 is 10.0 Å². The predicted molar refractivity (Wildman–Crippen MR) is 55.3 cm³/mol. The van der Waals surface area contributed by atoms with Gasteiger partial charge in [0.2, 0.25) is 5.91 Å². The number of hydrogen-bond donors (Lipinski definition) is 1. The summed E-state index contributed by atoms with van der Waals surface area (Å²) in [5.41, 5.74) is -0.457. The van der Waals surface area contributed by atoms with Crippen LogP contribution in [0.1, 0.15) is 19.3 Å². The zero-order valence-corrected chi connectivity index (χ0v) is 9.15. The van der Waals surface area contributed by atoms with Crippen molar-refractivity contribution in [3.63, 3.8) is 0 Å². The standard InChI is InChI=1S/C11H18N2O2/c1-12-5-4-9(10(12)14)13-6-11(15,7-13)8-2-3-8/h8-9,15H,2-7H2,1H3. The van der Waals surface area contributed by atoms with Crippen LogP contribution in [0.4, 0.5) is 0 Å². The highest BCUT2D eigenvalue weighted by Gasteiger charge is 2.54. The van der Waals surface area contributed by atoms with Crippen molar-refractivity contribution in [2.75, 3.05) is 26.7 Å². The first kappa shape index (κ1) is 9.60. The van der Waals surface area contributed by atoms with Crippen LogP contribution in [0.5, 0.6) is 0 Å². The molecule has 1 atom stereocenters. The predicted octanol–water partition coefficient (Wildman–Crippen LogP) is -0.326. The molecule has 0 aromatic rings. The quantitative estimate of drug-likeness (QED) is 0.679. The van der Waals surface area contributed by atoms with Gasteiger partial charge in [0.25, 0.3) is 0 Å². The summed E-state index contributed by atoms with van der Waals surface area (Å²) < 4.78 is 0. The highest BCUT2D eigenvalue weighted by molar-refractivity contribution is 5.83. The van der Waals surface area contributed by atoms with E-state index in [-0.39, 0.29) is 11.9 Å². The maximum absolute atomic E-state index is 11.7. The average Bonchev–Trinajstić information content (AvgIpc) is 2.93. The lowest BCUT2D eigenvalue weighted by molar-refractivity contribution is -0.149. The molecule has 0 spiro atoms. The molecule has 3 aliphatic rings. The number of carbonyl (C=O) groups is 1. The Kier molecular flexibility index (Phi) is 1.89. The highest BCUT2D eigenvalue weighted by atomic mass is 16.3. The summed E-state index contributed by atoms with van der Waals surface area (Å²) in [6.07, 6.45) is 3.27. The van der Waals surface area contributed by atoms with Gasteiger partial charge in [0.1, 0.15) is 0 Å². The van der Waals surface area contributed by atoms with E-state index >= 15 is 0 Å². The average molecular weight is 210 g/mol. The molecular formula is C11H18N2O2. The fourth-order valence-electron chi connectivity index (χ4n) is 2.90. The number of carbonyl (C=O) groups excluding carboxylic acids is 1. The molecule has 2 aliphatic heterocycles.